The number of nitrogens with zero attached hydrogens (tertiary/aromatic N) is 1. The summed E-state index contributed by atoms with van der Waals surface area (Å²) in [5.74, 6) is -0.792. The maximum absolute atomic E-state index is 12.6. The molecule has 3 rings (SSSR count). The van der Waals surface area contributed by atoms with Gasteiger partial charge in [0.05, 0.1) is 11.5 Å². The molecule has 9 heteroatoms. The summed E-state index contributed by atoms with van der Waals surface area (Å²) in [6.07, 6.45) is 1.57. The Morgan fingerprint density at radius 3 is 2.47 bits per heavy atom. The van der Waals surface area contributed by atoms with E-state index in [1.54, 1.807) is 30.3 Å². The van der Waals surface area contributed by atoms with Crippen LogP contribution in [-0.4, -0.2) is 47.7 Å². The van der Waals surface area contributed by atoms with Crippen LogP contribution in [0.15, 0.2) is 53.4 Å². The number of aryl methyl sites for hydroxylation is 1. The van der Waals surface area contributed by atoms with E-state index in [4.69, 9.17) is 9.47 Å². The van der Waals surface area contributed by atoms with Gasteiger partial charge < -0.3 is 14.8 Å². The van der Waals surface area contributed by atoms with E-state index in [0.717, 1.165) is 27.9 Å². The predicted molar refractivity (Wildman–Crippen MR) is 130 cm³/mol. The molecule has 1 heterocycles. The molecule has 1 aliphatic heterocycles. The van der Waals surface area contributed by atoms with Crippen molar-refractivity contribution in [3.05, 3.63) is 64.6 Å². The van der Waals surface area contributed by atoms with Crippen LogP contribution in [0, 0.1) is 12.8 Å². The first-order chi connectivity index (χ1) is 16.2. The molecular formula is C25H26N2O6S. The van der Waals surface area contributed by atoms with Crippen molar-refractivity contribution in [1.29, 1.82) is 0 Å². The number of amides is 3. The summed E-state index contributed by atoms with van der Waals surface area (Å²) in [7, 11) is 0. The summed E-state index contributed by atoms with van der Waals surface area (Å²) < 4.78 is 10.6. The molecule has 34 heavy (non-hydrogen) atoms. The van der Waals surface area contributed by atoms with Crippen LogP contribution in [0.4, 0.5) is 10.5 Å². The van der Waals surface area contributed by atoms with Gasteiger partial charge >= 0.3 is 5.97 Å². The fourth-order valence-corrected chi connectivity index (χ4v) is 3.77. The number of nitrogens with one attached hydrogen (secondary N) is 1. The Morgan fingerprint density at radius 2 is 1.79 bits per heavy atom. The molecule has 0 aliphatic carbocycles. The van der Waals surface area contributed by atoms with Crippen molar-refractivity contribution in [2.24, 2.45) is 5.92 Å². The Hall–Kier alpha value is -3.59. The smallest absolute Gasteiger partial charge is 0.326 e. The van der Waals surface area contributed by atoms with Crippen LogP contribution in [0.5, 0.6) is 5.75 Å². The number of esters is 1. The summed E-state index contributed by atoms with van der Waals surface area (Å²) in [5.41, 5.74) is 2.36. The lowest BCUT2D eigenvalue weighted by Gasteiger charge is -2.12. The molecule has 1 N–H and O–H groups in total. The van der Waals surface area contributed by atoms with Crippen molar-refractivity contribution in [3.8, 4) is 5.75 Å². The first-order valence-corrected chi connectivity index (χ1v) is 11.5. The molecule has 0 saturated carbocycles. The zero-order valence-corrected chi connectivity index (χ0v) is 20.0. The zero-order valence-electron chi connectivity index (χ0n) is 19.2. The lowest BCUT2D eigenvalue weighted by Crippen LogP contribution is -2.34. The van der Waals surface area contributed by atoms with E-state index < -0.39 is 23.7 Å². The van der Waals surface area contributed by atoms with Crippen LogP contribution in [0.3, 0.4) is 0 Å². The topological polar surface area (TPSA) is 102 Å². The second-order valence-electron chi connectivity index (χ2n) is 8.07. The number of ether oxygens (including phenoxy) is 2. The standard InChI is InChI=1S/C25H26N2O6S/c1-16(2)14-33-23(29)13-27-24(30)21(34-25(27)31)12-18-8-10-19(11-9-18)32-15-22(28)26-20-7-5-4-6-17(20)3/h4-12,16H,13-15H2,1-3H3,(H,26,28)/b21-12-. The fourth-order valence-electron chi connectivity index (χ4n) is 2.93. The maximum atomic E-state index is 12.6. The molecule has 0 unspecified atom stereocenters. The predicted octanol–water partition coefficient (Wildman–Crippen LogP) is 4.25. The number of para-hydroxylation sites is 1. The zero-order chi connectivity index (χ0) is 24.7. The number of carbonyl (C=O) groups is 4. The minimum absolute atomic E-state index is 0.153. The Bertz CT molecular complexity index is 1110. The molecule has 3 amide bonds. The maximum Gasteiger partial charge on any atom is 0.326 e. The highest BCUT2D eigenvalue weighted by Crippen LogP contribution is 2.32. The van der Waals surface area contributed by atoms with Crippen molar-refractivity contribution in [2.75, 3.05) is 25.1 Å². The van der Waals surface area contributed by atoms with Gasteiger partial charge in [-0.3, -0.25) is 24.1 Å². The van der Waals surface area contributed by atoms with Crippen LogP contribution in [0.1, 0.15) is 25.0 Å². The number of benzene rings is 2. The summed E-state index contributed by atoms with van der Waals surface area (Å²) >= 11 is 0.770. The van der Waals surface area contributed by atoms with Gasteiger partial charge in [-0.1, -0.05) is 44.2 Å². The Kier molecular flexibility index (Phi) is 8.48. The highest BCUT2D eigenvalue weighted by molar-refractivity contribution is 8.18. The van der Waals surface area contributed by atoms with Crippen LogP contribution < -0.4 is 10.1 Å². The summed E-state index contributed by atoms with van der Waals surface area (Å²) in [4.78, 5) is 49.8. The monoisotopic (exact) mass is 482 g/mol. The quantitative estimate of drug-likeness (QED) is 0.421. The van der Waals surface area contributed by atoms with E-state index in [1.165, 1.54) is 0 Å². The van der Waals surface area contributed by atoms with Crippen molar-refractivity contribution >= 4 is 46.5 Å². The van der Waals surface area contributed by atoms with Gasteiger partial charge in [0, 0.05) is 5.69 Å². The Morgan fingerprint density at radius 1 is 1.09 bits per heavy atom. The van der Waals surface area contributed by atoms with Gasteiger partial charge in [-0.2, -0.15) is 0 Å². The van der Waals surface area contributed by atoms with Crippen molar-refractivity contribution in [3.63, 3.8) is 0 Å². The average Bonchev–Trinajstić information content (AvgIpc) is 3.06. The van der Waals surface area contributed by atoms with Crippen molar-refractivity contribution in [2.45, 2.75) is 20.8 Å². The van der Waals surface area contributed by atoms with Gasteiger partial charge in [0.2, 0.25) is 0 Å². The molecule has 1 saturated heterocycles. The van der Waals surface area contributed by atoms with Gasteiger partial charge in [0.15, 0.2) is 6.61 Å². The largest absolute Gasteiger partial charge is 0.484 e. The SMILES string of the molecule is Cc1ccccc1NC(=O)COc1ccc(/C=C2\SC(=O)N(CC(=O)OCC(C)C)C2=O)cc1. The molecule has 2 aromatic carbocycles. The molecule has 0 aromatic heterocycles. The normalized spacial score (nSPS) is 14.6. The van der Waals surface area contributed by atoms with Gasteiger partial charge in [-0.05, 0) is 60.0 Å². The minimum Gasteiger partial charge on any atom is -0.484 e. The number of anilines is 1. The van der Waals surface area contributed by atoms with E-state index in [-0.39, 0.29) is 29.9 Å². The number of hydrogen-bond donors (Lipinski definition) is 1. The summed E-state index contributed by atoms with van der Waals surface area (Å²) in [6, 6.07) is 14.2. The molecule has 0 atom stereocenters. The second kappa shape index (κ2) is 11.5. The highest BCUT2D eigenvalue weighted by atomic mass is 32.2. The molecule has 1 fully saturated rings. The molecule has 1 aliphatic rings. The lowest BCUT2D eigenvalue weighted by atomic mass is 10.2. The van der Waals surface area contributed by atoms with E-state index in [9.17, 15) is 19.2 Å². The van der Waals surface area contributed by atoms with Gasteiger partial charge in [-0.15, -0.1) is 0 Å². The minimum atomic E-state index is -0.620. The summed E-state index contributed by atoms with van der Waals surface area (Å²) in [6.45, 7) is 5.36. The molecule has 8 nitrogen and oxygen atoms in total. The Labute approximate surface area is 202 Å². The molecule has 0 spiro atoms. The van der Waals surface area contributed by atoms with Crippen LogP contribution >= 0.6 is 11.8 Å². The lowest BCUT2D eigenvalue weighted by molar-refractivity contribution is -0.147. The number of carbonyl (C=O) groups excluding carboxylic acids is 4. The molecular weight excluding hydrogens is 456 g/mol. The van der Waals surface area contributed by atoms with Gasteiger partial charge in [0.25, 0.3) is 17.1 Å². The van der Waals surface area contributed by atoms with E-state index in [2.05, 4.69) is 5.32 Å². The third-order valence-corrected chi connectivity index (χ3v) is 5.61. The van der Waals surface area contributed by atoms with Crippen LogP contribution in [-0.2, 0) is 19.1 Å². The van der Waals surface area contributed by atoms with Crippen LogP contribution in [0.2, 0.25) is 0 Å². The molecule has 0 bridgehead atoms. The van der Waals surface area contributed by atoms with E-state index >= 15 is 0 Å². The first kappa shape index (κ1) is 25.0. The van der Waals surface area contributed by atoms with E-state index in [0.29, 0.717) is 11.3 Å². The molecule has 2 aromatic rings. The van der Waals surface area contributed by atoms with Gasteiger partial charge in [0.1, 0.15) is 12.3 Å². The summed E-state index contributed by atoms with van der Waals surface area (Å²) in [5, 5.41) is 2.28. The molecule has 178 valence electrons. The third-order valence-electron chi connectivity index (χ3n) is 4.71. The highest BCUT2D eigenvalue weighted by Gasteiger charge is 2.36. The van der Waals surface area contributed by atoms with Crippen LogP contribution in [0.25, 0.3) is 6.08 Å². The van der Waals surface area contributed by atoms with Crippen molar-refractivity contribution in [1.82, 2.24) is 4.90 Å². The second-order valence-corrected chi connectivity index (χ2v) is 9.06. The first-order valence-electron chi connectivity index (χ1n) is 10.7. The third kappa shape index (κ3) is 6.95. The van der Waals surface area contributed by atoms with E-state index in [1.807, 2.05) is 45.0 Å². The Balaban J connectivity index is 1.54. The number of thioether (sulfide) groups is 1. The molecule has 0 radical (unpaired) electrons. The number of imide groups is 1. The van der Waals surface area contributed by atoms with Crippen molar-refractivity contribution < 1.29 is 28.7 Å². The fraction of sp³-hybridized carbons (Fsp3) is 0.280. The van der Waals surface area contributed by atoms with Gasteiger partial charge in [-0.25, -0.2) is 0 Å². The average molecular weight is 483 g/mol. The number of hydrogen-bond acceptors (Lipinski definition) is 7. The number of rotatable bonds is 9.